The molecule has 0 aromatic heterocycles. The standard InChI is InChI=1S/C5H9NO.2C2H7NO/c1-6-4-2-3-5(6)7;2*3-1-2-4/h2-4H2,1H3;2*4H,1-3H2. The lowest BCUT2D eigenvalue weighted by molar-refractivity contribution is -0.126. The fraction of sp³-hybridized carbons (Fsp3) is 0.889. The number of hydrogen-bond donors (Lipinski definition) is 4. The van der Waals surface area contributed by atoms with Crippen molar-refractivity contribution in [2.45, 2.75) is 12.8 Å². The summed E-state index contributed by atoms with van der Waals surface area (Å²) in [7, 11) is 1.84. The molecule has 1 rings (SSSR count). The van der Waals surface area contributed by atoms with Gasteiger partial charge < -0.3 is 26.6 Å². The SMILES string of the molecule is CN1CCCC1=O.NCCO.NCCO. The van der Waals surface area contributed by atoms with Gasteiger partial charge in [-0.2, -0.15) is 0 Å². The average Bonchev–Trinajstić information content (AvgIpc) is 2.64. The maximum Gasteiger partial charge on any atom is 0.222 e. The first kappa shape index (κ1) is 16.7. The van der Waals surface area contributed by atoms with E-state index in [0.717, 1.165) is 19.4 Å². The first-order valence-corrected chi connectivity index (χ1v) is 4.99. The number of aliphatic hydroxyl groups is 2. The van der Waals surface area contributed by atoms with Crippen molar-refractivity contribution in [3.8, 4) is 0 Å². The minimum absolute atomic E-state index is 0.0972. The van der Waals surface area contributed by atoms with Crippen LogP contribution in [0.4, 0.5) is 0 Å². The van der Waals surface area contributed by atoms with Crippen LogP contribution < -0.4 is 11.5 Å². The van der Waals surface area contributed by atoms with Crippen LogP contribution in [-0.2, 0) is 4.79 Å². The summed E-state index contributed by atoms with van der Waals surface area (Å²) in [6.07, 6.45) is 1.81. The van der Waals surface area contributed by atoms with Crippen LogP contribution in [0, 0.1) is 0 Å². The summed E-state index contributed by atoms with van der Waals surface area (Å²) in [5, 5.41) is 15.5. The largest absolute Gasteiger partial charge is 0.395 e. The highest BCUT2D eigenvalue weighted by Crippen LogP contribution is 2.04. The highest BCUT2D eigenvalue weighted by atomic mass is 16.3. The van der Waals surface area contributed by atoms with Gasteiger partial charge in [0.1, 0.15) is 0 Å². The third kappa shape index (κ3) is 13.3. The van der Waals surface area contributed by atoms with E-state index in [9.17, 15) is 4.79 Å². The molecule has 6 heteroatoms. The van der Waals surface area contributed by atoms with E-state index in [2.05, 4.69) is 0 Å². The highest BCUT2D eigenvalue weighted by Gasteiger charge is 2.14. The number of hydrogen-bond acceptors (Lipinski definition) is 5. The van der Waals surface area contributed by atoms with Gasteiger partial charge in [0.25, 0.3) is 0 Å². The lowest BCUT2D eigenvalue weighted by Gasteiger charge is -2.03. The van der Waals surface area contributed by atoms with Crippen molar-refractivity contribution >= 4 is 5.91 Å². The summed E-state index contributed by atoms with van der Waals surface area (Å²) < 4.78 is 0. The van der Waals surface area contributed by atoms with E-state index in [1.54, 1.807) is 4.90 Å². The number of nitrogens with zero attached hydrogens (tertiary/aromatic N) is 1. The Labute approximate surface area is 90.9 Å². The normalized spacial score (nSPS) is 13.9. The molecule has 15 heavy (non-hydrogen) atoms. The maximum absolute atomic E-state index is 10.5. The summed E-state index contributed by atoms with van der Waals surface area (Å²) in [5.74, 6) is 0.292. The van der Waals surface area contributed by atoms with E-state index in [0.29, 0.717) is 19.0 Å². The zero-order chi connectivity index (χ0) is 12.1. The molecule has 1 saturated heterocycles. The molecule has 1 aliphatic heterocycles. The third-order valence-corrected chi connectivity index (χ3v) is 1.57. The van der Waals surface area contributed by atoms with Gasteiger partial charge in [-0.15, -0.1) is 0 Å². The van der Waals surface area contributed by atoms with Gasteiger partial charge in [-0.05, 0) is 6.42 Å². The average molecular weight is 221 g/mol. The molecule has 0 saturated carbocycles. The molecular formula is C9H23N3O3. The second-order valence-electron chi connectivity index (χ2n) is 2.94. The van der Waals surface area contributed by atoms with Gasteiger partial charge in [-0.25, -0.2) is 0 Å². The Hall–Kier alpha value is -0.690. The summed E-state index contributed by atoms with van der Waals surface area (Å²) >= 11 is 0. The topological polar surface area (TPSA) is 113 Å². The lowest BCUT2D eigenvalue weighted by Crippen LogP contribution is -2.17. The van der Waals surface area contributed by atoms with Gasteiger partial charge in [0.2, 0.25) is 5.91 Å². The van der Waals surface area contributed by atoms with Crippen LogP contribution in [0.25, 0.3) is 0 Å². The van der Waals surface area contributed by atoms with Gasteiger partial charge in [0.05, 0.1) is 13.2 Å². The van der Waals surface area contributed by atoms with Crippen molar-refractivity contribution in [2.24, 2.45) is 11.5 Å². The van der Waals surface area contributed by atoms with Crippen LogP contribution >= 0.6 is 0 Å². The molecule has 0 unspecified atom stereocenters. The van der Waals surface area contributed by atoms with Crippen LogP contribution in [-0.4, -0.2) is 60.9 Å². The number of amides is 1. The smallest absolute Gasteiger partial charge is 0.222 e. The fourth-order valence-electron chi connectivity index (χ4n) is 0.783. The van der Waals surface area contributed by atoms with Crippen LogP contribution in [0.5, 0.6) is 0 Å². The molecule has 0 atom stereocenters. The third-order valence-electron chi connectivity index (χ3n) is 1.57. The number of carbonyl (C=O) groups excluding carboxylic acids is 1. The van der Waals surface area contributed by atoms with Crippen LogP contribution in [0.2, 0.25) is 0 Å². The molecular weight excluding hydrogens is 198 g/mol. The van der Waals surface area contributed by atoms with E-state index >= 15 is 0 Å². The predicted octanol–water partition coefficient (Wildman–Crippen LogP) is -1.89. The van der Waals surface area contributed by atoms with Crippen molar-refractivity contribution in [3.63, 3.8) is 0 Å². The molecule has 0 spiro atoms. The quantitative estimate of drug-likeness (QED) is 0.435. The number of aliphatic hydroxyl groups excluding tert-OH is 2. The van der Waals surface area contributed by atoms with Crippen LogP contribution in [0.15, 0.2) is 0 Å². The summed E-state index contributed by atoms with van der Waals surface area (Å²) in [4.78, 5) is 12.3. The molecule has 6 nitrogen and oxygen atoms in total. The second kappa shape index (κ2) is 13.3. The zero-order valence-electron chi connectivity index (χ0n) is 9.35. The van der Waals surface area contributed by atoms with Crippen LogP contribution in [0.1, 0.15) is 12.8 Å². The number of likely N-dealkylation sites (tertiary alicyclic amines) is 1. The zero-order valence-corrected chi connectivity index (χ0v) is 9.35. The Bertz CT molecular complexity index is 137. The fourth-order valence-corrected chi connectivity index (χ4v) is 0.783. The molecule has 6 N–H and O–H groups in total. The molecule has 1 heterocycles. The Kier molecular flexibility index (Phi) is 14.8. The van der Waals surface area contributed by atoms with E-state index in [4.69, 9.17) is 21.7 Å². The minimum atomic E-state index is 0.0972. The summed E-state index contributed by atoms with van der Waals surface area (Å²) in [6.45, 7) is 1.90. The molecule has 0 bridgehead atoms. The molecule has 1 aliphatic rings. The number of carbonyl (C=O) groups is 1. The first-order chi connectivity index (χ1) is 7.13. The van der Waals surface area contributed by atoms with Gasteiger partial charge in [-0.3, -0.25) is 4.79 Å². The van der Waals surface area contributed by atoms with Crippen molar-refractivity contribution in [3.05, 3.63) is 0 Å². The number of rotatable bonds is 2. The van der Waals surface area contributed by atoms with Crippen LogP contribution in [0.3, 0.4) is 0 Å². The molecule has 92 valence electrons. The van der Waals surface area contributed by atoms with E-state index in [-0.39, 0.29) is 13.2 Å². The van der Waals surface area contributed by atoms with Crippen molar-refractivity contribution in [1.29, 1.82) is 0 Å². The van der Waals surface area contributed by atoms with Crippen molar-refractivity contribution in [1.82, 2.24) is 4.90 Å². The van der Waals surface area contributed by atoms with E-state index < -0.39 is 0 Å². The van der Waals surface area contributed by atoms with E-state index in [1.807, 2.05) is 7.05 Å². The first-order valence-electron chi connectivity index (χ1n) is 4.99. The monoisotopic (exact) mass is 221 g/mol. The molecule has 0 aromatic carbocycles. The predicted molar refractivity (Wildman–Crippen MR) is 59.2 cm³/mol. The van der Waals surface area contributed by atoms with Gasteiger partial charge in [-0.1, -0.05) is 0 Å². The summed E-state index contributed by atoms with van der Waals surface area (Å²) in [5.41, 5.74) is 9.56. The van der Waals surface area contributed by atoms with Gasteiger partial charge in [0.15, 0.2) is 0 Å². The Morgan fingerprint density at radius 3 is 1.73 bits per heavy atom. The molecule has 1 fully saturated rings. The van der Waals surface area contributed by atoms with E-state index in [1.165, 1.54) is 0 Å². The maximum atomic E-state index is 10.5. The second-order valence-corrected chi connectivity index (χ2v) is 2.94. The summed E-state index contributed by atoms with van der Waals surface area (Å²) in [6, 6.07) is 0. The van der Waals surface area contributed by atoms with Gasteiger partial charge in [0, 0.05) is 33.1 Å². The Morgan fingerprint density at radius 1 is 1.27 bits per heavy atom. The Morgan fingerprint density at radius 2 is 1.67 bits per heavy atom. The molecule has 0 radical (unpaired) electrons. The molecule has 1 amide bonds. The highest BCUT2D eigenvalue weighted by molar-refractivity contribution is 5.77. The Balaban J connectivity index is 0. The van der Waals surface area contributed by atoms with Crippen molar-refractivity contribution in [2.75, 3.05) is 39.9 Å². The van der Waals surface area contributed by atoms with Gasteiger partial charge >= 0.3 is 0 Å². The molecule has 0 aliphatic carbocycles. The lowest BCUT2D eigenvalue weighted by atomic mass is 10.4. The van der Waals surface area contributed by atoms with Crippen molar-refractivity contribution < 1.29 is 15.0 Å². The number of nitrogens with two attached hydrogens (primary N) is 2. The minimum Gasteiger partial charge on any atom is -0.395 e. The molecule has 0 aromatic rings.